The Kier molecular flexibility index (Phi) is 4.84. The molecule has 2 unspecified atom stereocenters. The summed E-state index contributed by atoms with van der Waals surface area (Å²) in [5, 5.41) is 4.14. The van der Waals surface area contributed by atoms with Gasteiger partial charge in [-0.05, 0) is 43.4 Å². The maximum absolute atomic E-state index is 12.3. The summed E-state index contributed by atoms with van der Waals surface area (Å²) in [5.41, 5.74) is 1.79. The molecule has 1 N–H and O–H groups in total. The molecule has 1 aromatic rings. The molecule has 1 saturated carbocycles. The van der Waals surface area contributed by atoms with Crippen LogP contribution in [0.25, 0.3) is 0 Å². The van der Waals surface area contributed by atoms with E-state index < -0.39 is 0 Å². The summed E-state index contributed by atoms with van der Waals surface area (Å²) in [6.45, 7) is 1.97. The minimum atomic E-state index is 0.0478. The summed E-state index contributed by atoms with van der Waals surface area (Å²) in [5.74, 6) is 0.619. The Bertz CT molecular complexity index is 447. The zero-order valence-corrected chi connectivity index (χ0v) is 13.6. The van der Waals surface area contributed by atoms with Gasteiger partial charge in [0.05, 0.1) is 0 Å². The lowest BCUT2D eigenvalue weighted by Gasteiger charge is -2.19. The molecule has 0 radical (unpaired) electrons. The van der Waals surface area contributed by atoms with Gasteiger partial charge in [-0.25, -0.2) is 0 Å². The maximum atomic E-state index is 12.3. The first-order chi connectivity index (χ1) is 8.61. The van der Waals surface area contributed by atoms with Crippen LogP contribution in [0.4, 0.5) is 0 Å². The second-order valence-corrected chi connectivity index (χ2v) is 6.45. The number of carbonyl (C=O) groups is 1. The van der Waals surface area contributed by atoms with Crippen LogP contribution in [-0.4, -0.2) is 17.3 Å². The largest absolute Gasteiger partial charge is 0.349 e. The van der Waals surface area contributed by atoms with Gasteiger partial charge in [0.25, 0.3) is 5.91 Å². The van der Waals surface area contributed by atoms with E-state index >= 15 is 0 Å². The normalized spacial score (nSPS) is 23.1. The van der Waals surface area contributed by atoms with Crippen molar-refractivity contribution < 1.29 is 4.79 Å². The molecule has 0 bridgehead atoms. The van der Waals surface area contributed by atoms with Gasteiger partial charge in [-0.1, -0.05) is 44.3 Å². The zero-order chi connectivity index (χ0) is 13.1. The molecule has 2 atom stereocenters. The van der Waals surface area contributed by atoms with Crippen LogP contribution < -0.4 is 5.32 Å². The SMILES string of the molecule is Cc1ccc(Br)cc1C(=O)NC1CCCC1CBr. The molecule has 2 rings (SSSR count). The van der Waals surface area contributed by atoms with E-state index in [-0.39, 0.29) is 5.91 Å². The van der Waals surface area contributed by atoms with Crippen LogP contribution in [-0.2, 0) is 0 Å². The summed E-state index contributed by atoms with van der Waals surface area (Å²) in [6, 6.07) is 6.14. The molecule has 0 saturated heterocycles. The number of aryl methyl sites for hydroxylation is 1. The fourth-order valence-electron chi connectivity index (χ4n) is 2.50. The molecular formula is C14H17Br2NO. The highest BCUT2D eigenvalue weighted by molar-refractivity contribution is 9.10. The van der Waals surface area contributed by atoms with E-state index in [1.54, 1.807) is 0 Å². The highest BCUT2D eigenvalue weighted by Crippen LogP contribution is 2.27. The Hall–Kier alpha value is -0.350. The molecule has 98 valence electrons. The molecule has 1 aliphatic rings. The molecule has 0 heterocycles. The van der Waals surface area contributed by atoms with Gasteiger partial charge >= 0.3 is 0 Å². The van der Waals surface area contributed by atoms with E-state index in [4.69, 9.17) is 0 Å². The van der Waals surface area contributed by atoms with Crippen molar-refractivity contribution in [3.8, 4) is 0 Å². The van der Waals surface area contributed by atoms with Gasteiger partial charge in [0.2, 0.25) is 0 Å². The first-order valence-electron chi connectivity index (χ1n) is 6.25. The number of nitrogens with one attached hydrogen (secondary N) is 1. The fraction of sp³-hybridized carbons (Fsp3) is 0.500. The lowest BCUT2D eigenvalue weighted by Crippen LogP contribution is -2.38. The van der Waals surface area contributed by atoms with Crippen molar-refractivity contribution in [2.45, 2.75) is 32.2 Å². The number of carbonyl (C=O) groups excluding carboxylic acids is 1. The summed E-state index contributed by atoms with van der Waals surface area (Å²) in [6.07, 6.45) is 3.50. The molecule has 1 amide bonds. The average Bonchev–Trinajstić information content (AvgIpc) is 2.79. The van der Waals surface area contributed by atoms with Gasteiger partial charge in [-0.15, -0.1) is 0 Å². The molecule has 1 fully saturated rings. The van der Waals surface area contributed by atoms with Gasteiger partial charge < -0.3 is 5.32 Å². The number of alkyl halides is 1. The highest BCUT2D eigenvalue weighted by atomic mass is 79.9. The number of amides is 1. The third-order valence-electron chi connectivity index (χ3n) is 3.62. The van der Waals surface area contributed by atoms with Crippen LogP contribution in [0, 0.1) is 12.8 Å². The fourth-order valence-corrected chi connectivity index (χ4v) is 3.63. The summed E-state index contributed by atoms with van der Waals surface area (Å²) >= 11 is 6.95. The van der Waals surface area contributed by atoms with E-state index in [9.17, 15) is 4.79 Å². The van der Waals surface area contributed by atoms with Crippen molar-refractivity contribution in [3.63, 3.8) is 0 Å². The Morgan fingerprint density at radius 1 is 1.44 bits per heavy atom. The van der Waals surface area contributed by atoms with E-state index in [1.165, 1.54) is 12.8 Å². The topological polar surface area (TPSA) is 29.1 Å². The third kappa shape index (κ3) is 3.15. The van der Waals surface area contributed by atoms with E-state index in [2.05, 4.69) is 37.2 Å². The number of benzene rings is 1. The standard InChI is InChI=1S/C14H17Br2NO/c1-9-5-6-11(16)7-12(9)14(18)17-13-4-2-3-10(13)8-15/h5-7,10,13H,2-4,8H2,1H3,(H,17,18). The lowest BCUT2D eigenvalue weighted by molar-refractivity contribution is 0.0929. The molecule has 18 heavy (non-hydrogen) atoms. The van der Waals surface area contributed by atoms with Crippen molar-refractivity contribution in [2.75, 3.05) is 5.33 Å². The predicted octanol–water partition coefficient (Wildman–Crippen LogP) is 4.05. The van der Waals surface area contributed by atoms with Gasteiger partial charge in [0.15, 0.2) is 0 Å². The van der Waals surface area contributed by atoms with Crippen LogP contribution >= 0.6 is 31.9 Å². The van der Waals surface area contributed by atoms with E-state index in [0.717, 1.165) is 27.4 Å². The van der Waals surface area contributed by atoms with Crippen LogP contribution in [0.3, 0.4) is 0 Å². The van der Waals surface area contributed by atoms with Crippen molar-refractivity contribution in [1.82, 2.24) is 5.32 Å². The minimum absolute atomic E-state index is 0.0478. The summed E-state index contributed by atoms with van der Waals surface area (Å²) < 4.78 is 0.946. The smallest absolute Gasteiger partial charge is 0.251 e. The van der Waals surface area contributed by atoms with Crippen LogP contribution in [0.5, 0.6) is 0 Å². The summed E-state index contributed by atoms with van der Waals surface area (Å²) in [4.78, 5) is 12.3. The molecule has 0 aromatic heterocycles. The Balaban J connectivity index is 2.09. The van der Waals surface area contributed by atoms with Gasteiger partial charge in [-0.2, -0.15) is 0 Å². The van der Waals surface area contributed by atoms with Gasteiger partial charge in [-0.3, -0.25) is 4.79 Å². The van der Waals surface area contributed by atoms with Crippen molar-refractivity contribution in [3.05, 3.63) is 33.8 Å². The second kappa shape index (κ2) is 6.20. The second-order valence-electron chi connectivity index (χ2n) is 4.88. The van der Waals surface area contributed by atoms with Crippen molar-refractivity contribution in [1.29, 1.82) is 0 Å². The highest BCUT2D eigenvalue weighted by Gasteiger charge is 2.28. The maximum Gasteiger partial charge on any atom is 0.251 e. The lowest BCUT2D eigenvalue weighted by atomic mass is 10.0. The Morgan fingerprint density at radius 2 is 2.22 bits per heavy atom. The number of hydrogen-bond donors (Lipinski definition) is 1. The Labute approximate surface area is 125 Å². The molecule has 4 heteroatoms. The molecular weight excluding hydrogens is 358 g/mol. The average molecular weight is 375 g/mol. The molecule has 0 aliphatic heterocycles. The molecule has 1 aromatic carbocycles. The van der Waals surface area contributed by atoms with E-state index in [1.807, 2.05) is 25.1 Å². The third-order valence-corrected chi connectivity index (χ3v) is 4.94. The van der Waals surface area contributed by atoms with Crippen molar-refractivity contribution >= 4 is 37.8 Å². The van der Waals surface area contributed by atoms with Gasteiger partial charge in [0, 0.05) is 21.4 Å². The monoisotopic (exact) mass is 373 g/mol. The number of rotatable bonds is 3. The molecule has 2 nitrogen and oxygen atoms in total. The zero-order valence-electron chi connectivity index (χ0n) is 10.4. The summed E-state index contributed by atoms with van der Waals surface area (Å²) in [7, 11) is 0. The van der Waals surface area contributed by atoms with Gasteiger partial charge in [0.1, 0.15) is 0 Å². The number of halogens is 2. The quantitative estimate of drug-likeness (QED) is 0.794. The van der Waals surface area contributed by atoms with Crippen LogP contribution in [0.1, 0.15) is 35.2 Å². The molecule has 1 aliphatic carbocycles. The van der Waals surface area contributed by atoms with Crippen LogP contribution in [0.15, 0.2) is 22.7 Å². The first kappa shape index (κ1) is 14.1. The van der Waals surface area contributed by atoms with Crippen LogP contribution in [0.2, 0.25) is 0 Å². The molecule has 0 spiro atoms. The number of hydrogen-bond acceptors (Lipinski definition) is 1. The minimum Gasteiger partial charge on any atom is -0.349 e. The van der Waals surface area contributed by atoms with E-state index in [0.29, 0.717) is 12.0 Å². The first-order valence-corrected chi connectivity index (χ1v) is 8.16. The predicted molar refractivity (Wildman–Crippen MR) is 81.3 cm³/mol. The Morgan fingerprint density at radius 3 is 2.94 bits per heavy atom. The van der Waals surface area contributed by atoms with Crippen molar-refractivity contribution in [2.24, 2.45) is 5.92 Å².